The van der Waals surface area contributed by atoms with E-state index in [-0.39, 0.29) is 0 Å². The smallest absolute Gasteiger partial charge is 0.148 e. The molecule has 1 aromatic heterocycles. The molecule has 0 radical (unpaired) electrons. The number of nitrogens with two attached hydrogens (primary N) is 1. The van der Waals surface area contributed by atoms with Crippen molar-refractivity contribution < 1.29 is 0 Å². The van der Waals surface area contributed by atoms with E-state index in [9.17, 15) is 0 Å². The summed E-state index contributed by atoms with van der Waals surface area (Å²) in [7, 11) is 2.06. The molecule has 0 aliphatic heterocycles. The van der Waals surface area contributed by atoms with Gasteiger partial charge in [-0.05, 0) is 27.2 Å². The maximum Gasteiger partial charge on any atom is 0.148 e. The second-order valence-electron chi connectivity index (χ2n) is 4.46. The highest BCUT2D eigenvalue weighted by Crippen LogP contribution is 2.24. The fourth-order valence-corrected chi connectivity index (χ4v) is 1.92. The third-order valence-electron chi connectivity index (χ3n) is 3.07. The standard InChI is InChI=1S/C12H23N5/c1-6-7-8(2)17(5)12-9(3)11(16-13)14-10(4)15-12/h8H,6-7,13H2,1-5H3,(H,14,15,16). The van der Waals surface area contributed by atoms with E-state index < -0.39 is 0 Å². The molecule has 0 amide bonds. The lowest BCUT2D eigenvalue weighted by atomic mass is 10.1. The van der Waals surface area contributed by atoms with Crippen molar-refractivity contribution in [3.05, 3.63) is 11.4 Å². The Labute approximate surface area is 103 Å². The zero-order valence-corrected chi connectivity index (χ0v) is 11.4. The van der Waals surface area contributed by atoms with Crippen molar-refractivity contribution in [3.63, 3.8) is 0 Å². The summed E-state index contributed by atoms with van der Waals surface area (Å²) in [4.78, 5) is 11.0. The molecule has 0 aromatic carbocycles. The molecule has 96 valence electrons. The molecule has 5 heteroatoms. The minimum absolute atomic E-state index is 0.457. The first kappa shape index (κ1) is 13.7. The van der Waals surface area contributed by atoms with Crippen LogP contribution in [0.1, 0.15) is 38.1 Å². The highest BCUT2D eigenvalue weighted by atomic mass is 15.3. The van der Waals surface area contributed by atoms with Crippen LogP contribution >= 0.6 is 0 Å². The third-order valence-corrected chi connectivity index (χ3v) is 3.07. The molecule has 1 atom stereocenters. The molecule has 1 unspecified atom stereocenters. The van der Waals surface area contributed by atoms with Crippen LogP contribution in [-0.2, 0) is 0 Å². The normalized spacial score (nSPS) is 12.4. The van der Waals surface area contributed by atoms with Crippen molar-refractivity contribution in [1.29, 1.82) is 0 Å². The van der Waals surface area contributed by atoms with Gasteiger partial charge >= 0.3 is 0 Å². The summed E-state index contributed by atoms with van der Waals surface area (Å²) in [6.07, 6.45) is 2.31. The van der Waals surface area contributed by atoms with Gasteiger partial charge in [-0.2, -0.15) is 0 Å². The molecular formula is C12H23N5. The summed E-state index contributed by atoms with van der Waals surface area (Å²) < 4.78 is 0. The molecule has 0 spiro atoms. The highest BCUT2D eigenvalue weighted by Gasteiger charge is 2.16. The van der Waals surface area contributed by atoms with E-state index in [0.29, 0.717) is 11.9 Å². The van der Waals surface area contributed by atoms with Gasteiger partial charge in [-0.25, -0.2) is 15.8 Å². The summed E-state index contributed by atoms with van der Waals surface area (Å²) in [6, 6.07) is 0.457. The van der Waals surface area contributed by atoms with Crippen LogP contribution < -0.4 is 16.2 Å². The fraction of sp³-hybridized carbons (Fsp3) is 0.667. The van der Waals surface area contributed by atoms with Crippen molar-refractivity contribution in [1.82, 2.24) is 9.97 Å². The van der Waals surface area contributed by atoms with E-state index in [4.69, 9.17) is 5.84 Å². The van der Waals surface area contributed by atoms with Gasteiger partial charge in [0.15, 0.2) is 0 Å². The second-order valence-corrected chi connectivity index (χ2v) is 4.46. The lowest BCUT2D eigenvalue weighted by Crippen LogP contribution is -2.31. The lowest BCUT2D eigenvalue weighted by molar-refractivity contribution is 0.609. The summed E-state index contributed by atoms with van der Waals surface area (Å²) in [5.41, 5.74) is 3.61. The number of nitrogens with one attached hydrogen (secondary N) is 1. The van der Waals surface area contributed by atoms with Crippen molar-refractivity contribution >= 4 is 11.6 Å². The molecule has 5 nitrogen and oxygen atoms in total. The van der Waals surface area contributed by atoms with Crippen molar-refractivity contribution in [3.8, 4) is 0 Å². The third kappa shape index (κ3) is 3.06. The Morgan fingerprint density at radius 1 is 1.35 bits per heavy atom. The zero-order valence-electron chi connectivity index (χ0n) is 11.4. The van der Waals surface area contributed by atoms with Gasteiger partial charge in [-0.15, -0.1) is 0 Å². The monoisotopic (exact) mass is 237 g/mol. The highest BCUT2D eigenvalue weighted by molar-refractivity contribution is 5.58. The molecule has 3 N–H and O–H groups in total. The Hall–Kier alpha value is -1.36. The molecule has 0 aliphatic carbocycles. The number of anilines is 2. The molecule has 17 heavy (non-hydrogen) atoms. The number of aromatic nitrogens is 2. The predicted molar refractivity (Wildman–Crippen MR) is 72.1 cm³/mol. The number of hydrogen-bond donors (Lipinski definition) is 2. The summed E-state index contributed by atoms with van der Waals surface area (Å²) in [5.74, 6) is 7.84. The van der Waals surface area contributed by atoms with E-state index in [0.717, 1.165) is 30.0 Å². The zero-order chi connectivity index (χ0) is 13.0. The van der Waals surface area contributed by atoms with Crippen LogP contribution in [0.2, 0.25) is 0 Å². The molecule has 1 aromatic rings. The number of hydrazine groups is 1. The van der Waals surface area contributed by atoms with Gasteiger partial charge in [0.05, 0.1) is 0 Å². The summed E-state index contributed by atoms with van der Waals surface area (Å²) in [5, 5.41) is 0. The van der Waals surface area contributed by atoms with Crippen LogP contribution in [-0.4, -0.2) is 23.1 Å². The van der Waals surface area contributed by atoms with Crippen LogP contribution in [0.5, 0.6) is 0 Å². The van der Waals surface area contributed by atoms with E-state index in [1.165, 1.54) is 0 Å². The minimum atomic E-state index is 0.457. The van der Waals surface area contributed by atoms with Crippen LogP contribution in [0.4, 0.5) is 11.6 Å². The maximum atomic E-state index is 5.46. The van der Waals surface area contributed by atoms with Gasteiger partial charge in [0, 0.05) is 18.7 Å². The SMILES string of the molecule is CCCC(C)N(C)c1nc(C)nc(NN)c1C. The molecule has 0 bridgehead atoms. The Morgan fingerprint density at radius 3 is 2.53 bits per heavy atom. The number of nitrogens with zero attached hydrogens (tertiary/aromatic N) is 3. The predicted octanol–water partition coefficient (Wildman–Crippen LogP) is 2.00. The van der Waals surface area contributed by atoms with E-state index >= 15 is 0 Å². The number of rotatable bonds is 5. The number of hydrogen-bond acceptors (Lipinski definition) is 5. The van der Waals surface area contributed by atoms with Crippen molar-refractivity contribution in [2.45, 2.75) is 46.6 Å². The van der Waals surface area contributed by atoms with E-state index in [1.54, 1.807) is 0 Å². The molecule has 0 fully saturated rings. The lowest BCUT2D eigenvalue weighted by Gasteiger charge is -2.27. The Kier molecular flexibility index (Phi) is 4.69. The topological polar surface area (TPSA) is 67.1 Å². The first-order valence-corrected chi connectivity index (χ1v) is 6.05. The van der Waals surface area contributed by atoms with Gasteiger partial charge in [0.2, 0.25) is 0 Å². The van der Waals surface area contributed by atoms with Gasteiger partial charge in [0.25, 0.3) is 0 Å². The average molecular weight is 237 g/mol. The van der Waals surface area contributed by atoms with Crippen LogP contribution in [0.25, 0.3) is 0 Å². The molecule has 1 rings (SSSR count). The fourth-order valence-electron chi connectivity index (χ4n) is 1.92. The minimum Gasteiger partial charge on any atom is -0.357 e. The average Bonchev–Trinajstić information content (AvgIpc) is 2.31. The van der Waals surface area contributed by atoms with E-state index in [1.807, 2.05) is 13.8 Å². The first-order chi connectivity index (χ1) is 8.01. The van der Waals surface area contributed by atoms with E-state index in [2.05, 4.69) is 41.2 Å². The molecule has 1 heterocycles. The maximum absolute atomic E-state index is 5.46. The molecular weight excluding hydrogens is 214 g/mol. The molecule has 0 aliphatic rings. The quantitative estimate of drug-likeness (QED) is 0.605. The van der Waals surface area contributed by atoms with Gasteiger partial charge in [0.1, 0.15) is 17.5 Å². The van der Waals surface area contributed by atoms with Crippen LogP contribution in [0, 0.1) is 13.8 Å². The van der Waals surface area contributed by atoms with Gasteiger partial charge in [-0.3, -0.25) is 0 Å². The van der Waals surface area contributed by atoms with Crippen molar-refractivity contribution in [2.24, 2.45) is 5.84 Å². The molecule has 0 saturated heterocycles. The summed E-state index contributed by atoms with van der Waals surface area (Å²) >= 11 is 0. The van der Waals surface area contributed by atoms with Crippen molar-refractivity contribution in [2.75, 3.05) is 17.4 Å². The summed E-state index contributed by atoms with van der Waals surface area (Å²) in [6.45, 7) is 8.26. The number of nitrogen functional groups attached to an aromatic ring is 1. The first-order valence-electron chi connectivity index (χ1n) is 6.05. The Balaban J connectivity index is 3.08. The number of aryl methyl sites for hydroxylation is 1. The Morgan fingerprint density at radius 2 is 2.00 bits per heavy atom. The largest absolute Gasteiger partial charge is 0.357 e. The van der Waals surface area contributed by atoms with Crippen LogP contribution in [0.3, 0.4) is 0 Å². The second kappa shape index (κ2) is 5.82. The van der Waals surface area contributed by atoms with Gasteiger partial charge < -0.3 is 10.3 Å². The Bertz CT molecular complexity index is 377. The van der Waals surface area contributed by atoms with Gasteiger partial charge in [-0.1, -0.05) is 13.3 Å². The molecule has 0 saturated carbocycles. The van der Waals surface area contributed by atoms with Crippen LogP contribution in [0.15, 0.2) is 0 Å².